The van der Waals surface area contributed by atoms with Crippen LogP contribution >= 0.6 is 35.6 Å². The molecule has 4 nitrogen and oxygen atoms in total. The number of hydrogen-bond donors (Lipinski definition) is 2. The third kappa shape index (κ3) is 2.60. The van der Waals surface area contributed by atoms with E-state index < -0.39 is 0 Å². The van der Waals surface area contributed by atoms with Crippen molar-refractivity contribution >= 4 is 51.9 Å². The summed E-state index contributed by atoms with van der Waals surface area (Å²) in [4.78, 5) is 12.0. The van der Waals surface area contributed by atoms with Crippen LogP contribution in [0.15, 0.2) is 17.0 Å². The normalized spacial score (nSPS) is 17.1. The molecule has 1 saturated heterocycles. The van der Waals surface area contributed by atoms with Crippen molar-refractivity contribution in [3.63, 3.8) is 0 Å². The number of benzene rings is 1. The van der Waals surface area contributed by atoms with Gasteiger partial charge < -0.3 is 15.2 Å². The Morgan fingerprint density at radius 1 is 1.56 bits per heavy atom. The van der Waals surface area contributed by atoms with Gasteiger partial charge in [0.05, 0.1) is 17.0 Å². The fourth-order valence-electron chi connectivity index (χ4n) is 1.41. The molecule has 0 spiro atoms. The molecule has 0 atom stereocenters. The Balaban J connectivity index is 2.41. The van der Waals surface area contributed by atoms with Crippen molar-refractivity contribution < 1.29 is 14.6 Å². The highest BCUT2D eigenvalue weighted by atomic mass is 35.5. The Labute approximate surface area is 118 Å². The molecule has 1 aliphatic rings. The minimum Gasteiger partial charge on any atom is -0.503 e. The number of rotatable bonds is 2. The molecule has 1 fully saturated rings. The van der Waals surface area contributed by atoms with Crippen LogP contribution in [0.1, 0.15) is 5.56 Å². The lowest BCUT2D eigenvalue weighted by Gasteiger charge is -2.06. The molecule has 0 aliphatic carbocycles. The molecular formula is C11H8ClNO3S2. The summed E-state index contributed by atoms with van der Waals surface area (Å²) >= 11 is 11.9. The highest BCUT2D eigenvalue weighted by Crippen LogP contribution is 2.36. The molecule has 0 bridgehead atoms. The van der Waals surface area contributed by atoms with E-state index in [1.54, 1.807) is 18.2 Å². The van der Waals surface area contributed by atoms with Gasteiger partial charge in [0.1, 0.15) is 4.32 Å². The first-order valence-corrected chi connectivity index (χ1v) is 6.43. The fraction of sp³-hybridized carbons (Fsp3) is 0.0909. The number of phenols is 1. The van der Waals surface area contributed by atoms with Gasteiger partial charge in [0.25, 0.3) is 5.91 Å². The summed E-state index contributed by atoms with van der Waals surface area (Å²) in [6.07, 6.45) is 1.63. The van der Waals surface area contributed by atoms with Gasteiger partial charge in [-0.15, -0.1) is 0 Å². The van der Waals surface area contributed by atoms with E-state index in [0.29, 0.717) is 14.8 Å². The molecule has 1 aromatic carbocycles. The van der Waals surface area contributed by atoms with E-state index in [-0.39, 0.29) is 22.4 Å². The predicted molar refractivity (Wildman–Crippen MR) is 76.0 cm³/mol. The molecule has 7 heteroatoms. The molecule has 1 aliphatic heterocycles. The van der Waals surface area contributed by atoms with Crippen molar-refractivity contribution in [2.24, 2.45) is 0 Å². The van der Waals surface area contributed by atoms with E-state index in [0.717, 1.165) is 0 Å². The first-order chi connectivity index (χ1) is 8.51. The van der Waals surface area contributed by atoms with Gasteiger partial charge in [0.2, 0.25) is 0 Å². The monoisotopic (exact) mass is 301 g/mol. The van der Waals surface area contributed by atoms with E-state index >= 15 is 0 Å². The average Bonchev–Trinajstić information content (AvgIpc) is 2.62. The van der Waals surface area contributed by atoms with E-state index in [1.165, 1.54) is 18.9 Å². The number of thioether (sulfide) groups is 1. The second-order valence-corrected chi connectivity index (χ2v) is 5.53. The van der Waals surface area contributed by atoms with E-state index in [1.807, 2.05) is 0 Å². The van der Waals surface area contributed by atoms with Gasteiger partial charge in [-0.3, -0.25) is 4.79 Å². The summed E-state index contributed by atoms with van der Waals surface area (Å²) in [5, 5.41) is 12.3. The van der Waals surface area contributed by atoms with Gasteiger partial charge in [-0.2, -0.15) is 0 Å². The van der Waals surface area contributed by atoms with Crippen LogP contribution in [0.25, 0.3) is 6.08 Å². The highest BCUT2D eigenvalue weighted by molar-refractivity contribution is 8.26. The van der Waals surface area contributed by atoms with Gasteiger partial charge in [0.15, 0.2) is 11.5 Å². The van der Waals surface area contributed by atoms with Crippen LogP contribution in [-0.4, -0.2) is 22.4 Å². The summed E-state index contributed by atoms with van der Waals surface area (Å²) in [7, 11) is 1.43. The van der Waals surface area contributed by atoms with Crippen LogP contribution in [0.3, 0.4) is 0 Å². The minimum atomic E-state index is -0.242. The first-order valence-electron chi connectivity index (χ1n) is 4.82. The quantitative estimate of drug-likeness (QED) is 0.649. The molecule has 2 N–H and O–H groups in total. The number of carbonyl (C=O) groups excluding carboxylic acids is 1. The van der Waals surface area contributed by atoms with Crippen molar-refractivity contribution in [1.29, 1.82) is 0 Å². The summed E-state index contributed by atoms with van der Waals surface area (Å²) in [5.41, 5.74) is 0.650. The predicted octanol–water partition coefficient (Wildman–Crippen LogP) is 2.54. The summed E-state index contributed by atoms with van der Waals surface area (Å²) in [5.74, 6) is -0.117. The number of methoxy groups -OCH3 is 1. The van der Waals surface area contributed by atoms with Gasteiger partial charge in [-0.1, -0.05) is 35.6 Å². The maximum absolute atomic E-state index is 11.5. The van der Waals surface area contributed by atoms with Crippen LogP contribution in [0.2, 0.25) is 5.02 Å². The zero-order chi connectivity index (χ0) is 13.3. The third-order valence-corrected chi connectivity index (χ3v) is 3.66. The van der Waals surface area contributed by atoms with Crippen molar-refractivity contribution in [2.45, 2.75) is 0 Å². The first kappa shape index (κ1) is 13.2. The Bertz CT molecular complexity index is 572. The summed E-state index contributed by atoms with van der Waals surface area (Å²) in [6, 6.07) is 3.13. The van der Waals surface area contributed by atoms with E-state index in [4.69, 9.17) is 28.6 Å². The Morgan fingerprint density at radius 2 is 2.28 bits per heavy atom. The number of halogens is 1. The van der Waals surface area contributed by atoms with Crippen molar-refractivity contribution in [1.82, 2.24) is 5.32 Å². The lowest BCUT2D eigenvalue weighted by molar-refractivity contribution is -0.115. The Kier molecular flexibility index (Phi) is 3.79. The molecule has 1 amide bonds. The molecule has 0 radical (unpaired) electrons. The number of nitrogens with one attached hydrogen (secondary N) is 1. The van der Waals surface area contributed by atoms with Gasteiger partial charge in [-0.05, 0) is 23.8 Å². The standard InChI is InChI=1S/C11H8ClNO3S2/c1-16-7-3-5(2-6(12)9(7)14)4-8-10(15)13-11(17)18-8/h2-4,14H,1H3,(H,13,15,17). The van der Waals surface area contributed by atoms with Crippen molar-refractivity contribution in [3.8, 4) is 11.5 Å². The SMILES string of the molecule is COc1cc(C=C2SC(=S)NC2=O)cc(Cl)c1O. The molecule has 94 valence electrons. The number of thiocarbonyl (C=S) groups is 1. The van der Waals surface area contributed by atoms with E-state index in [9.17, 15) is 9.90 Å². The van der Waals surface area contributed by atoms with Gasteiger partial charge in [0, 0.05) is 0 Å². The lowest BCUT2D eigenvalue weighted by Crippen LogP contribution is -2.17. The topological polar surface area (TPSA) is 58.6 Å². The second-order valence-electron chi connectivity index (χ2n) is 3.41. The molecule has 2 rings (SSSR count). The molecule has 1 aromatic rings. The zero-order valence-electron chi connectivity index (χ0n) is 9.19. The zero-order valence-corrected chi connectivity index (χ0v) is 11.6. The minimum absolute atomic E-state index is 0.125. The van der Waals surface area contributed by atoms with Crippen LogP contribution in [0, 0.1) is 0 Å². The maximum atomic E-state index is 11.5. The largest absolute Gasteiger partial charge is 0.503 e. The second kappa shape index (κ2) is 5.17. The summed E-state index contributed by atoms with van der Waals surface area (Å²) in [6.45, 7) is 0. The number of hydrogen-bond acceptors (Lipinski definition) is 5. The number of phenolic OH excluding ortho intramolecular Hbond substituents is 1. The lowest BCUT2D eigenvalue weighted by atomic mass is 10.2. The molecule has 1 heterocycles. The van der Waals surface area contributed by atoms with Crippen LogP contribution < -0.4 is 10.1 Å². The highest BCUT2D eigenvalue weighted by Gasteiger charge is 2.22. The van der Waals surface area contributed by atoms with Crippen LogP contribution in [0.4, 0.5) is 0 Å². The van der Waals surface area contributed by atoms with Crippen LogP contribution in [-0.2, 0) is 4.79 Å². The number of ether oxygens (including phenoxy) is 1. The summed E-state index contributed by atoms with van der Waals surface area (Å²) < 4.78 is 5.40. The third-order valence-electron chi connectivity index (χ3n) is 2.21. The number of aromatic hydroxyl groups is 1. The van der Waals surface area contributed by atoms with Crippen molar-refractivity contribution in [2.75, 3.05) is 7.11 Å². The number of amides is 1. The molecule has 0 aromatic heterocycles. The number of carbonyl (C=O) groups is 1. The van der Waals surface area contributed by atoms with Crippen molar-refractivity contribution in [3.05, 3.63) is 27.6 Å². The average molecular weight is 302 g/mol. The Morgan fingerprint density at radius 3 is 2.83 bits per heavy atom. The molecule has 18 heavy (non-hydrogen) atoms. The van der Waals surface area contributed by atoms with E-state index in [2.05, 4.69) is 5.32 Å². The molecule has 0 saturated carbocycles. The Hall–Kier alpha value is -1.24. The van der Waals surface area contributed by atoms with Gasteiger partial charge in [-0.25, -0.2) is 0 Å². The molecular weight excluding hydrogens is 294 g/mol. The maximum Gasteiger partial charge on any atom is 0.263 e. The smallest absolute Gasteiger partial charge is 0.263 e. The van der Waals surface area contributed by atoms with Gasteiger partial charge >= 0.3 is 0 Å². The fourth-order valence-corrected chi connectivity index (χ4v) is 2.67. The van der Waals surface area contributed by atoms with Crippen LogP contribution in [0.5, 0.6) is 11.5 Å². The molecule has 0 unspecified atom stereocenters.